The van der Waals surface area contributed by atoms with Crippen molar-refractivity contribution in [3.05, 3.63) is 53.0 Å². The van der Waals surface area contributed by atoms with Crippen LogP contribution in [0, 0.1) is 0 Å². The second-order valence-electron chi connectivity index (χ2n) is 4.25. The molecule has 0 saturated carbocycles. The maximum atomic E-state index is 11.8. The zero-order valence-electron chi connectivity index (χ0n) is 11.6. The van der Waals surface area contributed by atoms with Gasteiger partial charge in [-0.1, -0.05) is 15.9 Å². The molecule has 0 spiro atoms. The normalized spacial score (nSPS) is 10.0. The van der Waals surface area contributed by atoms with Gasteiger partial charge in [0.2, 0.25) is 0 Å². The first-order valence-electron chi connectivity index (χ1n) is 6.58. The molecule has 110 valence electrons. The molecular weight excluding hydrogens is 334 g/mol. The number of anilines is 1. The molecule has 0 atom stereocenters. The molecule has 5 heteroatoms. The van der Waals surface area contributed by atoms with E-state index in [9.17, 15) is 4.79 Å². The summed E-state index contributed by atoms with van der Waals surface area (Å²) in [5.74, 6) is 1.23. The summed E-state index contributed by atoms with van der Waals surface area (Å²) in [5.41, 5.74) is 0.711. The molecule has 0 aromatic heterocycles. The molecule has 1 amide bonds. The summed E-state index contributed by atoms with van der Waals surface area (Å²) in [6.07, 6.45) is 0. The van der Waals surface area contributed by atoms with Crippen LogP contribution in [0.3, 0.4) is 0 Å². The van der Waals surface area contributed by atoms with Crippen molar-refractivity contribution in [1.29, 1.82) is 0 Å². The zero-order valence-corrected chi connectivity index (χ0v) is 13.2. The summed E-state index contributed by atoms with van der Waals surface area (Å²) in [5, 5.41) is 2.76. The fourth-order valence-electron chi connectivity index (χ4n) is 1.68. The lowest BCUT2D eigenvalue weighted by Crippen LogP contribution is -2.20. The molecule has 0 aliphatic rings. The van der Waals surface area contributed by atoms with E-state index in [1.54, 1.807) is 24.3 Å². The molecule has 0 bridgehead atoms. The van der Waals surface area contributed by atoms with Crippen molar-refractivity contribution in [1.82, 2.24) is 0 Å². The van der Waals surface area contributed by atoms with Crippen molar-refractivity contribution in [2.75, 3.05) is 18.5 Å². The molecule has 2 aromatic carbocycles. The zero-order chi connectivity index (χ0) is 15.1. The van der Waals surface area contributed by atoms with Gasteiger partial charge in [-0.3, -0.25) is 4.79 Å². The maximum absolute atomic E-state index is 11.8. The number of nitrogens with one attached hydrogen (secondary N) is 1. The van der Waals surface area contributed by atoms with Gasteiger partial charge in [-0.05, 0) is 55.5 Å². The molecule has 2 rings (SSSR count). The molecule has 4 nitrogen and oxygen atoms in total. The summed E-state index contributed by atoms with van der Waals surface area (Å²) >= 11 is 3.34. The predicted molar refractivity (Wildman–Crippen MR) is 85.9 cm³/mol. The van der Waals surface area contributed by atoms with Crippen LogP contribution in [0.2, 0.25) is 0 Å². The molecule has 0 heterocycles. The van der Waals surface area contributed by atoms with Crippen molar-refractivity contribution in [3.8, 4) is 11.5 Å². The van der Waals surface area contributed by atoms with Crippen LogP contribution in [-0.2, 0) is 4.79 Å². The van der Waals surface area contributed by atoms with E-state index in [-0.39, 0.29) is 12.5 Å². The van der Waals surface area contributed by atoms with E-state index in [2.05, 4.69) is 21.2 Å². The van der Waals surface area contributed by atoms with Crippen LogP contribution in [0.15, 0.2) is 53.0 Å². The van der Waals surface area contributed by atoms with Gasteiger partial charge in [0, 0.05) is 10.2 Å². The molecule has 2 aromatic rings. The van der Waals surface area contributed by atoms with Crippen LogP contribution < -0.4 is 14.8 Å². The fourth-order valence-corrected chi connectivity index (χ4v) is 1.94. The molecule has 0 aliphatic carbocycles. The van der Waals surface area contributed by atoms with E-state index >= 15 is 0 Å². The third-order valence-corrected chi connectivity index (χ3v) is 3.16. The first kappa shape index (κ1) is 15.4. The lowest BCUT2D eigenvalue weighted by Gasteiger charge is -2.08. The highest BCUT2D eigenvalue weighted by Crippen LogP contribution is 2.17. The van der Waals surface area contributed by atoms with Gasteiger partial charge in [0.25, 0.3) is 5.91 Å². The highest BCUT2D eigenvalue weighted by Gasteiger charge is 2.04. The minimum Gasteiger partial charge on any atom is -0.494 e. The Morgan fingerprint density at radius 1 is 1.00 bits per heavy atom. The first-order valence-corrected chi connectivity index (χ1v) is 7.38. The van der Waals surface area contributed by atoms with Crippen molar-refractivity contribution in [3.63, 3.8) is 0 Å². The summed E-state index contributed by atoms with van der Waals surface area (Å²) in [7, 11) is 0. The molecule has 0 radical (unpaired) electrons. The topological polar surface area (TPSA) is 47.6 Å². The molecule has 0 saturated heterocycles. The predicted octanol–water partition coefficient (Wildman–Crippen LogP) is 3.87. The Labute approximate surface area is 132 Å². The van der Waals surface area contributed by atoms with Crippen LogP contribution in [0.5, 0.6) is 11.5 Å². The average Bonchev–Trinajstić information content (AvgIpc) is 2.49. The van der Waals surface area contributed by atoms with Crippen molar-refractivity contribution in [2.45, 2.75) is 6.92 Å². The van der Waals surface area contributed by atoms with Gasteiger partial charge in [0.05, 0.1) is 6.61 Å². The van der Waals surface area contributed by atoms with E-state index in [1.807, 2.05) is 31.2 Å². The lowest BCUT2D eigenvalue weighted by atomic mass is 10.3. The van der Waals surface area contributed by atoms with Crippen LogP contribution in [0.1, 0.15) is 6.92 Å². The van der Waals surface area contributed by atoms with E-state index in [0.29, 0.717) is 18.0 Å². The summed E-state index contributed by atoms with van der Waals surface area (Å²) < 4.78 is 11.7. The molecule has 0 aliphatic heterocycles. The number of rotatable bonds is 6. The van der Waals surface area contributed by atoms with Gasteiger partial charge in [-0.15, -0.1) is 0 Å². The fraction of sp³-hybridized carbons (Fsp3) is 0.188. The Hall–Kier alpha value is -2.01. The third-order valence-electron chi connectivity index (χ3n) is 2.63. The highest BCUT2D eigenvalue weighted by molar-refractivity contribution is 9.10. The Balaban J connectivity index is 1.82. The first-order chi connectivity index (χ1) is 10.2. The summed E-state index contributed by atoms with van der Waals surface area (Å²) in [6, 6.07) is 14.5. The van der Waals surface area contributed by atoms with Gasteiger partial charge >= 0.3 is 0 Å². The molecule has 1 N–H and O–H groups in total. The van der Waals surface area contributed by atoms with E-state index in [0.717, 1.165) is 10.2 Å². The van der Waals surface area contributed by atoms with E-state index < -0.39 is 0 Å². The lowest BCUT2D eigenvalue weighted by molar-refractivity contribution is -0.118. The van der Waals surface area contributed by atoms with Crippen LogP contribution >= 0.6 is 15.9 Å². The number of carbonyl (C=O) groups is 1. The Kier molecular flexibility index (Phi) is 5.63. The Morgan fingerprint density at radius 2 is 1.57 bits per heavy atom. The molecular formula is C16H16BrNO3. The van der Waals surface area contributed by atoms with Crippen molar-refractivity contribution >= 4 is 27.5 Å². The number of benzene rings is 2. The van der Waals surface area contributed by atoms with E-state index in [1.165, 1.54) is 0 Å². The van der Waals surface area contributed by atoms with Crippen molar-refractivity contribution in [2.24, 2.45) is 0 Å². The van der Waals surface area contributed by atoms with Crippen molar-refractivity contribution < 1.29 is 14.3 Å². The van der Waals surface area contributed by atoms with Crippen LogP contribution in [0.25, 0.3) is 0 Å². The largest absolute Gasteiger partial charge is 0.494 e. The standard InChI is InChI=1S/C16H16BrNO3/c1-2-20-14-9-5-13(6-10-14)18-16(19)11-21-15-7-3-12(17)4-8-15/h3-10H,2,11H2,1H3,(H,18,19). The van der Waals surface area contributed by atoms with Gasteiger partial charge in [0.15, 0.2) is 6.61 Å². The Morgan fingerprint density at radius 3 is 2.19 bits per heavy atom. The van der Waals surface area contributed by atoms with E-state index in [4.69, 9.17) is 9.47 Å². The number of amides is 1. The number of carbonyl (C=O) groups excluding carboxylic acids is 1. The smallest absolute Gasteiger partial charge is 0.262 e. The van der Waals surface area contributed by atoms with Crippen LogP contribution in [0.4, 0.5) is 5.69 Å². The summed E-state index contributed by atoms with van der Waals surface area (Å²) in [4.78, 5) is 11.8. The molecule has 0 unspecified atom stereocenters. The van der Waals surface area contributed by atoms with Gasteiger partial charge in [0.1, 0.15) is 11.5 Å². The Bertz CT molecular complexity index is 581. The van der Waals surface area contributed by atoms with Gasteiger partial charge < -0.3 is 14.8 Å². The maximum Gasteiger partial charge on any atom is 0.262 e. The second kappa shape index (κ2) is 7.69. The second-order valence-corrected chi connectivity index (χ2v) is 5.16. The third kappa shape index (κ3) is 5.11. The van der Waals surface area contributed by atoms with Crippen LogP contribution in [-0.4, -0.2) is 19.1 Å². The monoisotopic (exact) mass is 349 g/mol. The minimum atomic E-state index is -0.206. The van der Waals surface area contributed by atoms with Gasteiger partial charge in [-0.2, -0.15) is 0 Å². The quantitative estimate of drug-likeness (QED) is 0.861. The average molecular weight is 350 g/mol. The molecule has 21 heavy (non-hydrogen) atoms. The number of halogens is 1. The minimum absolute atomic E-state index is 0.0329. The number of hydrogen-bond acceptors (Lipinski definition) is 3. The SMILES string of the molecule is CCOc1ccc(NC(=O)COc2ccc(Br)cc2)cc1. The highest BCUT2D eigenvalue weighted by atomic mass is 79.9. The number of ether oxygens (including phenoxy) is 2. The number of hydrogen-bond donors (Lipinski definition) is 1. The van der Waals surface area contributed by atoms with Gasteiger partial charge in [-0.25, -0.2) is 0 Å². The molecule has 0 fully saturated rings. The summed E-state index contributed by atoms with van der Waals surface area (Å²) in [6.45, 7) is 2.51.